The lowest BCUT2D eigenvalue weighted by Crippen LogP contribution is -2.61. The van der Waals surface area contributed by atoms with Gasteiger partial charge in [0.2, 0.25) is 47.3 Å². The molecule has 0 aliphatic heterocycles. The summed E-state index contributed by atoms with van der Waals surface area (Å²) in [6.45, 7) is 3.55. The van der Waals surface area contributed by atoms with Gasteiger partial charge in [0.15, 0.2) is 0 Å². The fourth-order valence-electron chi connectivity index (χ4n) is 7.34. The number of amides is 8. The maximum atomic E-state index is 14.3. The number of rotatable bonds is 33. The molecule has 0 bridgehead atoms. The van der Waals surface area contributed by atoms with Crippen molar-refractivity contribution in [1.29, 1.82) is 0 Å². The van der Waals surface area contributed by atoms with Crippen molar-refractivity contribution in [2.24, 2.45) is 23.1 Å². The largest absolute Gasteiger partial charge is 0.508 e. The minimum absolute atomic E-state index is 0.00238. The van der Waals surface area contributed by atoms with Gasteiger partial charge in [-0.1, -0.05) is 62.7 Å². The maximum Gasteiger partial charge on any atom is 0.326 e. The smallest absolute Gasteiger partial charge is 0.326 e. The molecule has 0 spiro atoms. The number of carbonyl (C=O) groups is 10. The van der Waals surface area contributed by atoms with Crippen LogP contribution in [0.25, 0.3) is 0 Å². The molecular weight excluding hydrogens is 985 g/mol. The van der Waals surface area contributed by atoms with Gasteiger partial charge in [-0.25, -0.2) is 9.78 Å². The van der Waals surface area contributed by atoms with E-state index in [4.69, 9.17) is 17.2 Å². The third kappa shape index (κ3) is 20.9. The Morgan fingerprint density at radius 2 is 1.14 bits per heavy atom. The summed E-state index contributed by atoms with van der Waals surface area (Å²) >= 11 is 4.30. The van der Waals surface area contributed by atoms with Crippen molar-refractivity contribution in [1.82, 2.24) is 47.2 Å². The minimum atomic E-state index is -1.55. The van der Waals surface area contributed by atoms with E-state index in [0.717, 1.165) is 0 Å². The van der Waals surface area contributed by atoms with E-state index in [1.165, 1.54) is 36.8 Å². The van der Waals surface area contributed by atoms with E-state index in [9.17, 15) is 63.3 Å². The van der Waals surface area contributed by atoms with Crippen molar-refractivity contribution in [3.05, 3.63) is 83.9 Å². The van der Waals surface area contributed by atoms with Crippen LogP contribution in [0.3, 0.4) is 0 Å². The lowest BCUT2D eigenvalue weighted by atomic mass is 9.98. The SMILES string of the molecule is CC[C@H](C)[C@H](NC(=O)[C@H](CCC(=O)O)NC(=O)[C@H](Cc1ccccc1)NC(=O)[C@H](CS)NC(=O)[C@H](Cc1cnc[nH]1)NC(=O)[C@H](CCCCN)NC(=O)[C@H](Cc1ccc(O)cc1)NC(=O)[C@@H](N)CC(N)=O)C(=O)O. The summed E-state index contributed by atoms with van der Waals surface area (Å²) in [6, 6.07) is 2.63. The molecule has 404 valence electrons. The fraction of sp³-hybridized carbons (Fsp3) is 0.479. The molecular formula is C48H68N12O13S. The van der Waals surface area contributed by atoms with Crippen molar-refractivity contribution in [2.75, 3.05) is 12.3 Å². The molecule has 9 atom stereocenters. The third-order valence-corrected chi connectivity index (χ3v) is 12.1. The van der Waals surface area contributed by atoms with E-state index in [0.29, 0.717) is 36.1 Å². The number of nitrogens with two attached hydrogens (primary N) is 3. The number of primary amides is 1. The van der Waals surface area contributed by atoms with Gasteiger partial charge >= 0.3 is 11.9 Å². The van der Waals surface area contributed by atoms with Crippen LogP contribution in [-0.4, -0.2) is 145 Å². The monoisotopic (exact) mass is 1050 g/mol. The number of imidazole rings is 1. The summed E-state index contributed by atoms with van der Waals surface area (Å²) in [7, 11) is 0. The number of phenols is 1. The van der Waals surface area contributed by atoms with Gasteiger partial charge in [-0.15, -0.1) is 0 Å². The molecule has 1 heterocycles. The number of hydrogen-bond acceptors (Lipinski definition) is 15. The van der Waals surface area contributed by atoms with Crippen molar-refractivity contribution < 1.29 is 63.3 Å². The molecule has 0 saturated carbocycles. The third-order valence-electron chi connectivity index (χ3n) is 11.7. The van der Waals surface area contributed by atoms with Crippen molar-refractivity contribution in [3.8, 4) is 5.75 Å². The summed E-state index contributed by atoms with van der Waals surface area (Å²) in [5.74, 6) is -10.8. The lowest BCUT2D eigenvalue weighted by molar-refractivity contribution is -0.144. The van der Waals surface area contributed by atoms with Gasteiger partial charge < -0.3 is 74.7 Å². The number of aliphatic carboxylic acids is 2. The molecule has 0 radical (unpaired) electrons. The van der Waals surface area contributed by atoms with Gasteiger partial charge in [0.25, 0.3) is 0 Å². The van der Waals surface area contributed by atoms with Gasteiger partial charge in [-0.3, -0.25) is 43.2 Å². The Morgan fingerprint density at radius 1 is 0.649 bits per heavy atom. The molecule has 74 heavy (non-hydrogen) atoms. The number of nitrogens with zero attached hydrogens (tertiary/aromatic N) is 1. The van der Waals surface area contributed by atoms with E-state index < -0.39 is 133 Å². The van der Waals surface area contributed by atoms with Crippen LogP contribution >= 0.6 is 12.6 Å². The highest BCUT2D eigenvalue weighted by atomic mass is 32.1. The Bertz CT molecular complexity index is 2360. The molecule has 0 saturated heterocycles. The van der Waals surface area contributed by atoms with Crippen LogP contribution in [0.5, 0.6) is 5.75 Å². The predicted molar refractivity (Wildman–Crippen MR) is 270 cm³/mol. The number of benzene rings is 2. The van der Waals surface area contributed by atoms with Crippen LogP contribution < -0.4 is 54.4 Å². The Hall–Kier alpha value is -7.58. The molecule has 2 aromatic carbocycles. The van der Waals surface area contributed by atoms with Crippen LogP contribution in [0.2, 0.25) is 0 Å². The minimum Gasteiger partial charge on any atom is -0.508 e. The topological polar surface area (TPSA) is 422 Å². The number of aromatic amines is 1. The van der Waals surface area contributed by atoms with Crippen LogP contribution in [0.15, 0.2) is 67.1 Å². The molecule has 0 fully saturated rings. The Balaban J connectivity index is 1.92. The zero-order valence-corrected chi connectivity index (χ0v) is 42.0. The molecule has 3 rings (SSSR count). The average molecular weight is 1050 g/mol. The van der Waals surface area contributed by atoms with Crippen LogP contribution in [0, 0.1) is 5.92 Å². The number of carboxylic acids is 2. The Kier molecular flexibility index (Phi) is 25.5. The van der Waals surface area contributed by atoms with Crippen molar-refractivity contribution >= 4 is 71.8 Å². The number of carboxylic acid groups (broad SMARTS) is 2. The van der Waals surface area contributed by atoms with E-state index in [-0.39, 0.29) is 43.7 Å². The first-order valence-corrected chi connectivity index (χ1v) is 24.5. The second kappa shape index (κ2) is 31.1. The van der Waals surface area contributed by atoms with Gasteiger partial charge in [-0.05, 0) is 61.4 Å². The number of aromatic hydroxyl groups is 1. The standard InChI is InChI=1S/C48H68N12O13S/c1-3-26(2)40(48(72)73)60-43(67)33(16-17-39(63)64)55-45(69)35(19-27-9-5-4-6-10-27)57-47(71)37(24-74)59-46(70)36(21-29-23-52-25-53-29)58-42(66)32(11-7-8-18-49)54-44(68)34(20-28-12-14-30(61)15-13-28)56-41(65)31(50)22-38(51)62/h4-6,9-10,12-15,23,25-26,31-37,40,61,74H,3,7-8,11,16-22,24,49-50H2,1-2H3,(H2,51,62)(H,52,53)(H,54,68)(H,55,69)(H,56,65)(H,57,71)(H,58,66)(H,59,70)(H,60,67)(H,63,64)(H,72,73)/t26-,31-,32-,33-,34-,35-,36-,37-,40-/m0/s1. The molecule has 26 heteroatoms. The summed E-state index contributed by atoms with van der Waals surface area (Å²) < 4.78 is 0. The van der Waals surface area contributed by atoms with Crippen LogP contribution in [0.4, 0.5) is 0 Å². The molecule has 25 nitrogen and oxygen atoms in total. The van der Waals surface area contributed by atoms with Gasteiger partial charge in [0.05, 0.1) is 18.8 Å². The van der Waals surface area contributed by atoms with Crippen LogP contribution in [-0.2, 0) is 67.2 Å². The van der Waals surface area contributed by atoms with Gasteiger partial charge in [-0.2, -0.15) is 12.6 Å². The molecule has 0 unspecified atom stereocenters. The zero-order chi connectivity index (χ0) is 54.9. The summed E-state index contributed by atoms with van der Waals surface area (Å²) in [5.41, 5.74) is 18.2. The van der Waals surface area contributed by atoms with E-state index >= 15 is 0 Å². The number of aromatic nitrogens is 2. The molecule has 1 aromatic heterocycles. The number of thiol groups is 1. The zero-order valence-electron chi connectivity index (χ0n) is 41.1. The predicted octanol–water partition coefficient (Wildman–Crippen LogP) is -2.21. The molecule has 0 aliphatic carbocycles. The number of hydrogen-bond donors (Lipinski definition) is 15. The van der Waals surface area contributed by atoms with Crippen molar-refractivity contribution in [2.45, 2.75) is 126 Å². The molecule has 0 aliphatic rings. The Labute approximate surface area is 432 Å². The normalized spacial score (nSPS) is 14.7. The number of unbranched alkanes of at least 4 members (excludes halogenated alkanes) is 1. The summed E-state index contributed by atoms with van der Waals surface area (Å²) in [5, 5.41) is 46.8. The first-order chi connectivity index (χ1) is 35.1. The first kappa shape index (κ1) is 60.7. The number of carbonyl (C=O) groups excluding carboxylic acids is 8. The van der Waals surface area contributed by atoms with Crippen LogP contribution in [0.1, 0.15) is 75.6 Å². The van der Waals surface area contributed by atoms with Gasteiger partial charge in [0.1, 0.15) is 48.0 Å². The average Bonchev–Trinajstić information content (AvgIpc) is 3.88. The maximum absolute atomic E-state index is 14.3. The highest BCUT2D eigenvalue weighted by Crippen LogP contribution is 2.14. The second-order valence-corrected chi connectivity index (χ2v) is 18.0. The highest BCUT2D eigenvalue weighted by Gasteiger charge is 2.35. The fourth-order valence-corrected chi connectivity index (χ4v) is 7.60. The van der Waals surface area contributed by atoms with Gasteiger partial charge in [0, 0.05) is 43.3 Å². The number of phenolic OH excluding ortho intramolecular Hbond substituents is 1. The number of H-pyrrole nitrogens is 1. The van der Waals surface area contributed by atoms with E-state index in [2.05, 4.69) is 59.8 Å². The molecule has 17 N–H and O–H groups in total. The molecule has 8 amide bonds. The van der Waals surface area contributed by atoms with Crippen molar-refractivity contribution in [3.63, 3.8) is 0 Å². The summed E-state index contributed by atoms with van der Waals surface area (Å²) in [6.07, 6.45) is 1.71. The lowest BCUT2D eigenvalue weighted by Gasteiger charge is -2.28. The Morgan fingerprint density at radius 3 is 1.64 bits per heavy atom. The van der Waals surface area contributed by atoms with E-state index in [1.807, 2.05) is 0 Å². The summed E-state index contributed by atoms with van der Waals surface area (Å²) in [4.78, 5) is 139. The van der Waals surface area contributed by atoms with E-state index in [1.54, 1.807) is 44.2 Å². The number of nitrogens with one attached hydrogen (secondary N) is 8. The highest BCUT2D eigenvalue weighted by molar-refractivity contribution is 7.80. The second-order valence-electron chi connectivity index (χ2n) is 17.6. The molecule has 3 aromatic rings. The first-order valence-electron chi connectivity index (χ1n) is 23.9. The quantitative estimate of drug-likeness (QED) is 0.0227.